The summed E-state index contributed by atoms with van der Waals surface area (Å²) in [6.45, 7) is 2.44. The summed E-state index contributed by atoms with van der Waals surface area (Å²) in [5, 5.41) is 0. The first-order valence-electron chi connectivity index (χ1n) is 7.43. The highest BCUT2D eigenvalue weighted by Crippen LogP contribution is 2.18. The van der Waals surface area contributed by atoms with Gasteiger partial charge in [-0.3, -0.25) is 9.88 Å². The predicted octanol–water partition coefficient (Wildman–Crippen LogP) is 1.73. The molecule has 0 saturated carbocycles. The molecule has 0 N–H and O–H groups in total. The van der Waals surface area contributed by atoms with E-state index < -0.39 is 10.0 Å². The van der Waals surface area contributed by atoms with E-state index in [9.17, 15) is 12.8 Å². The van der Waals surface area contributed by atoms with Crippen molar-refractivity contribution in [2.24, 2.45) is 0 Å². The summed E-state index contributed by atoms with van der Waals surface area (Å²) in [6.07, 6.45) is 2.91. The van der Waals surface area contributed by atoms with Crippen LogP contribution in [0.1, 0.15) is 5.56 Å². The molecule has 7 heteroatoms. The third-order valence-corrected chi connectivity index (χ3v) is 5.84. The molecule has 0 unspecified atom stereocenters. The quantitative estimate of drug-likeness (QED) is 0.854. The molecular weight excluding hydrogens is 317 g/mol. The Morgan fingerprint density at radius 2 is 1.78 bits per heavy atom. The highest BCUT2D eigenvalue weighted by molar-refractivity contribution is 7.89. The average molecular weight is 335 g/mol. The lowest BCUT2D eigenvalue weighted by atomic mass is 10.2. The second-order valence-electron chi connectivity index (χ2n) is 5.46. The van der Waals surface area contributed by atoms with Crippen LogP contribution in [0, 0.1) is 5.82 Å². The summed E-state index contributed by atoms with van der Waals surface area (Å²) in [6, 6.07) is 9.83. The van der Waals surface area contributed by atoms with E-state index in [1.165, 1.54) is 16.6 Å². The molecule has 0 amide bonds. The van der Waals surface area contributed by atoms with Crippen molar-refractivity contribution in [1.29, 1.82) is 0 Å². The van der Waals surface area contributed by atoms with Crippen LogP contribution >= 0.6 is 0 Å². The molecule has 23 heavy (non-hydrogen) atoms. The maximum absolute atomic E-state index is 13.7. The number of piperazine rings is 1. The van der Waals surface area contributed by atoms with Gasteiger partial charge >= 0.3 is 0 Å². The zero-order chi connectivity index (χ0) is 16.3. The van der Waals surface area contributed by atoms with Crippen LogP contribution in [0.2, 0.25) is 0 Å². The number of sulfonamides is 1. The lowest BCUT2D eigenvalue weighted by Crippen LogP contribution is -2.48. The predicted molar refractivity (Wildman–Crippen MR) is 84.7 cm³/mol. The summed E-state index contributed by atoms with van der Waals surface area (Å²) in [4.78, 5) is 6.14. The van der Waals surface area contributed by atoms with Gasteiger partial charge in [0.15, 0.2) is 0 Å². The molecule has 0 spiro atoms. The minimum Gasteiger partial charge on any atom is -0.296 e. The lowest BCUT2D eigenvalue weighted by molar-refractivity contribution is 0.180. The monoisotopic (exact) mass is 335 g/mol. The van der Waals surface area contributed by atoms with E-state index >= 15 is 0 Å². The third-order valence-electron chi connectivity index (χ3n) is 3.96. The number of rotatable bonds is 4. The van der Waals surface area contributed by atoms with Crippen LogP contribution in [0.3, 0.4) is 0 Å². The van der Waals surface area contributed by atoms with Gasteiger partial charge in [0.25, 0.3) is 0 Å². The SMILES string of the molecule is O=S(=O)(c1cccnc1)N1CCN(Cc2ccccc2F)CC1. The van der Waals surface area contributed by atoms with Gasteiger partial charge in [0.1, 0.15) is 10.7 Å². The normalized spacial score (nSPS) is 17.3. The van der Waals surface area contributed by atoms with Gasteiger partial charge in [0, 0.05) is 50.7 Å². The van der Waals surface area contributed by atoms with Crippen LogP contribution in [-0.2, 0) is 16.6 Å². The molecule has 0 radical (unpaired) electrons. The molecule has 3 rings (SSSR count). The van der Waals surface area contributed by atoms with E-state index in [2.05, 4.69) is 9.88 Å². The number of nitrogens with zero attached hydrogens (tertiary/aromatic N) is 3. The third kappa shape index (κ3) is 3.57. The molecule has 5 nitrogen and oxygen atoms in total. The topological polar surface area (TPSA) is 53.5 Å². The Morgan fingerprint density at radius 3 is 2.43 bits per heavy atom. The number of halogens is 1. The van der Waals surface area contributed by atoms with Crippen LogP contribution in [0.25, 0.3) is 0 Å². The van der Waals surface area contributed by atoms with Gasteiger partial charge in [-0.25, -0.2) is 12.8 Å². The number of aromatic nitrogens is 1. The highest BCUT2D eigenvalue weighted by atomic mass is 32.2. The van der Waals surface area contributed by atoms with Crippen molar-refractivity contribution in [2.75, 3.05) is 26.2 Å². The molecule has 1 aliphatic rings. The Morgan fingerprint density at radius 1 is 1.04 bits per heavy atom. The molecule has 1 aromatic carbocycles. The van der Waals surface area contributed by atoms with Crippen molar-refractivity contribution >= 4 is 10.0 Å². The fourth-order valence-corrected chi connectivity index (χ4v) is 4.03. The molecule has 0 bridgehead atoms. The van der Waals surface area contributed by atoms with Gasteiger partial charge in [0.05, 0.1) is 0 Å². The summed E-state index contributed by atoms with van der Waals surface area (Å²) < 4.78 is 40.2. The van der Waals surface area contributed by atoms with E-state index in [0.29, 0.717) is 38.3 Å². The summed E-state index contributed by atoms with van der Waals surface area (Å²) in [5.74, 6) is -0.224. The largest absolute Gasteiger partial charge is 0.296 e. The van der Waals surface area contributed by atoms with Crippen LogP contribution in [0.15, 0.2) is 53.7 Å². The number of hydrogen-bond acceptors (Lipinski definition) is 4. The highest BCUT2D eigenvalue weighted by Gasteiger charge is 2.28. The van der Waals surface area contributed by atoms with E-state index in [0.717, 1.165) is 0 Å². The number of hydrogen-bond donors (Lipinski definition) is 0. The van der Waals surface area contributed by atoms with Crippen LogP contribution in [-0.4, -0.2) is 48.8 Å². The van der Waals surface area contributed by atoms with Gasteiger partial charge in [-0.1, -0.05) is 18.2 Å². The van der Waals surface area contributed by atoms with E-state index in [-0.39, 0.29) is 10.7 Å². The molecule has 0 aliphatic carbocycles. The first kappa shape index (κ1) is 16.0. The molecular formula is C16H18FN3O2S. The van der Waals surface area contributed by atoms with Crippen molar-refractivity contribution in [1.82, 2.24) is 14.2 Å². The zero-order valence-corrected chi connectivity index (χ0v) is 13.4. The van der Waals surface area contributed by atoms with Gasteiger partial charge in [0.2, 0.25) is 10.0 Å². The van der Waals surface area contributed by atoms with E-state index in [1.54, 1.807) is 30.5 Å². The average Bonchev–Trinajstić information content (AvgIpc) is 2.58. The van der Waals surface area contributed by atoms with Gasteiger partial charge in [-0.05, 0) is 18.2 Å². The summed E-state index contributed by atoms with van der Waals surface area (Å²) in [7, 11) is -3.50. The van der Waals surface area contributed by atoms with Crippen molar-refractivity contribution < 1.29 is 12.8 Å². The van der Waals surface area contributed by atoms with Crippen molar-refractivity contribution in [3.63, 3.8) is 0 Å². The fraction of sp³-hybridized carbons (Fsp3) is 0.312. The van der Waals surface area contributed by atoms with Gasteiger partial charge in [-0.2, -0.15) is 4.31 Å². The molecule has 1 fully saturated rings. The second-order valence-corrected chi connectivity index (χ2v) is 7.40. The van der Waals surface area contributed by atoms with Crippen LogP contribution < -0.4 is 0 Å². The number of benzene rings is 1. The number of pyridine rings is 1. The molecule has 1 aliphatic heterocycles. The zero-order valence-electron chi connectivity index (χ0n) is 12.6. The molecule has 1 aromatic heterocycles. The Labute approximate surface area is 135 Å². The smallest absolute Gasteiger partial charge is 0.244 e. The minimum absolute atomic E-state index is 0.211. The van der Waals surface area contributed by atoms with E-state index in [1.807, 2.05) is 6.07 Å². The molecule has 2 aromatic rings. The van der Waals surface area contributed by atoms with E-state index in [4.69, 9.17) is 0 Å². The molecule has 122 valence electrons. The first-order valence-corrected chi connectivity index (χ1v) is 8.87. The van der Waals surface area contributed by atoms with Crippen molar-refractivity contribution in [2.45, 2.75) is 11.4 Å². The Hall–Kier alpha value is -1.83. The van der Waals surface area contributed by atoms with Crippen molar-refractivity contribution in [3.05, 3.63) is 60.2 Å². The van der Waals surface area contributed by atoms with Crippen molar-refractivity contribution in [3.8, 4) is 0 Å². The van der Waals surface area contributed by atoms with Crippen LogP contribution in [0.4, 0.5) is 4.39 Å². The first-order chi connectivity index (χ1) is 11.1. The Bertz CT molecular complexity index is 760. The fourth-order valence-electron chi connectivity index (χ4n) is 2.64. The standard InChI is InChI=1S/C16H18FN3O2S/c17-16-6-2-1-4-14(16)13-19-8-10-20(11-9-19)23(21,22)15-5-3-7-18-12-15/h1-7,12H,8-11,13H2. The van der Waals surface area contributed by atoms with Gasteiger partial charge in [-0.15, -0.1) is 0 Å². The lowest BCUT2D eigenvalue weighted by Gasteiger charge is -2.33. The maximum Gasteiger partial charge on any atom is 0.244 e. The second kappa shape index (κ2) is 6.74. The summed E-state index contributed by atoms with van der Waals surface area (Å²) >= 11 is 0. The summed E-state index contributed by atoms with van der Waals surface area (Å²) in [5.41, 5.74) is 0.635. The molecule has 1 saturated heterocycles. The minimum atomic E-state index is -3.50. The van der Waals surface area contributed by atoms with Crippen LogP contribution in [0.5, 0.6) is 0 Å². The Kier molecular flexibility index (Phi) is 4.70. The Balaban J connectivity index is 1.64. The van der Waals surface area contributed by atoms with Gasteiger partial charge < -0.3 is 0 Å². The molecule has 2 heterocycles. The maximum atomic E-state index is 13.7. The molecule has 0 atom stereocenters.